The minimum atomic E-state index is -0.583. The standard InChI is InChI=1S/C14H20N4O3/c1-14(4-6-16-7-5-14)9-17-13(19)10-2-3-11(15)12(8-10)18(20)21/h2-3,8,16H,4-7,9,15H2,1H3,(H,17,19). The van der Waals surface area contributed by atoms with E-state index in [-0.39, 0.29) is 28.3 Å². The summed E-state index contributed by atoms with van der Waals surface area (Å²) < 4.78 is 0. The van der Waals surface area contributed by atoms with Gasteiger partial charge in [-0.3, -0.25) is 14.9 Å². The Hall–Kier alpha value is -2.15. The SMILES string of the molecule is CC1(CNC(=O)c2ccc(N)c([N+](=O)[O-])c2)CCNCC1. The maximum Gasteiger partial charge on any atom is 0.292 e. The number of carbonyl (C=O) groups is 1. The minimum absolute atomic E-state index is 0.0573. The quantitative estimate of drug-likeness (QED) is 0.440. The summed E-state index contributed by atoms with van der Waals surface area (Å²) in [5.74, 6) is -0.308. The molecular formula is C14H20N4O3. The van der Waals surface area contributed by atoms with Crippen LogP contribution in [0.3, 0.4) is 0 Å². The molecule has 114 valence electrons. The Morgan fingerprint density at radius 2 is 2.14 bits per heavy atom. The summed E-state index contributed by atoms with van der Waals surface area (Å²) in [5, 5.41) is 17.0. The molecule has 0 bridgehead atoms. The smallest absolute Gasteiger partial charge is 0.292 e. The van der Waals surface area contributed by atoms with Crippen LogP contribution in [0.4, 0.5) is 11.4 Å². The van der Waals surface area contributed by atoms with Crippen LogP contribution < -0.4 is 16.4 Å². The highest BCUT2D eigenvalue weighted by Crippen LogP contribution is 2.27. The van der Waals surface area contributed by atoms with E-state index in [0.29, 0.717) is 6.54 Å². The van der Waals surface area contributed by atoms with E-state index >= 15 is 0 Å². The number of carbonyl (C=O) groups excluding carboxylic acids is 1. The van der Waals surface area contributed by atoms with Gasteiger partial charge in [-0.05, 0) is 43.5 Å². The number of amides is 1. The van der Waals surface area contributed by atoms with E-state index in [1.165, 1.54) is 18.2 Å². The number of nitrogen functional groups attached to an aromatic ring is 1. The Bertz CT molecular complexity index is 553. The molecule has 0 aliphatic carbocycles. The van der Waals surface area contributed by atoms with Crippen molar-refractivity contribution < 1.29 is 9.72 Å². The van der Waals surface area contributed by atoms with Crippen molar-refractivity contribution in [1.29, 1.82) is 0 Å². The van der Waals surface area contributed by atoms with E-state index in [2.05, 4.69) is 17.6 Å². The number of benzene rings is 1. The molecule has 0 saturated carbocycles. The predicted molar refractivity (Wildman–Crippen MR) is 80.1 cm³/mol. The van der Waals surface area contributed by atoms with Crippen LogP contribution >= 0.6 is 0 Å². The molecule has 7 nitrogen and oxygen atoms in total. The van der Waals surface area contributed by atoms with Gasteiger partial charge >= 0.3 is 0 Å². The fraction of sp³-hybridized carbons (Fsp3) is 0.500. The van der Waals surface area contributed by atoms with Crippen molar-refractivity contribution in [2.45, 2.75) is 19.8 Å². The van der Waals surface area contributed by atoms with Crippen LogP contribution in [0.15, 0.2) is 18.2 Å². The molecular weight excluding hydrogens is 272 g/mol. The van der Waals surface area contributed by atoms with Gasteiger partial charge in [0.2, 0.25) is 0 Å². The van der Waals surface area contributed by atoms with Gasteiger partial charge in [-0.1, -0.05) is 6.92 Å². The third kappa shape index (κ3) is 3.69. The second-order valence-electron chi connectivity index (χ2n) is 5.77. The highest BCUT2D eigenvalue weighted by atomic mass is 16.6. The molecule has 1 heterocycles. The zero-order valence-corrected chi connectivity index (χ0v) is 12.0. The second kappa shape index (κ2) is 6.09. The number of nitro benzene ring substituents is 1. The topological polar surface area (TPSA) is 110 Å². The van der Waals surface area contributed by atoms with Crippen molar-refractivity contribution in [2.75, 3.05) is 25.4 Å². The van der Waals surface area contributed by atoms with Crippen molar-refractivity contribution in [3.05, 3.63) is 33.9 Å². The zero-order chi connectivity index (χ0) is 15.5. The first-order valence-electron chi connectivity index (χ1n) is 6.94. The lowest BCUT2D eigenvalue weighted by Crippen LogP contribution is -2.42. The number of hydrogen-bond acceptors (Lipinski definition) is 5. The molecule has 7 heteroatoms. The summed E-state index contributed by atoms with van der Waals surface area (Å²) >= 11 is 0. The third-order valence-electron chi connectivity index (χ3n) is 3.98. The normalized spacial score (nSPS) is 17.2. The molecule has 1 fully saturated rings. The number of rotatable bonds is 4. The number of anilines is 1. The number of nitro groups is 1. The van der Waals surface area contributed by atoms with E-state index in [1.54, 1.807) is 0 Å². The first kappa shape index (κ1) is 15.2. The average molecular weight is 292 g/mol. The number of hydrogen-bond donors (Lipinski definition) is 3. The highest BCUT2D eigenvalue weighted by Gasteiger charge is 2.27. The summed E-state index contributed by atoms with van der Waals surface area (Å²) in [6.07, 6.45) is 1.99. The van der Waals surface area contributed by atoms with Gasteiger partial charge in [-0.15, -0.1) is 0 Å². The van der Waals surface area contributed by atoms with Crippen LogP contribution in [0.2, 0.25) is 0 Å². The molecule has 0 spiro atoms. The van der Waals surface area contributed by atoms with E-state index in [4.69, 9.17) is 5.73 Å². The van der Waals surface area contributed by atoms with Crippen molar-refractivity contribution in [2.24, 2.45) is 5.41 Å². The van der Waals surface area contributed by atoms with Crippen molar-refractivity contribution in [3.63, 3.8) is 0 Å². The Kier molecular flexibility index (Phi) is 4.42. The van der Waals surface area contributed by atoms with Crippen molar-refractivity contribution in [3.8, 4) is 0 Å². The number of nitrogens with two attached hydrogens (primary N) is 1. The molecule has 1 saturated heterocycles. The lowest BCUT2D eigenvalue weighted by Gasteiger charge is -2.34. The molecule has 1 amide bonds. The number of nitrogens with one attached hydrogen (secondary N) is 2. The number of piperidine rings is 1. The Labute approximate surface area is 123 Å². The predicted octanol–water partition coefficient (Wildman–Crippen LogP) is 1.30. The second-order valence-corrected chi connectivity index (χ2v) is 5.77. The van der Waals surface area contributed by atoms with Crippen molar-refractivity contribution >= 4 is 17.3 Å². The fourth-order valence-corrected chi connectivity index (χ4v) is 2.45. The summed E-state index contributed by atoms with van der Waals surface area (Å²) in [6.45, 7) is 4.59. The van der Waals surface area contributed by atoms with Gasteiger partial charge in [-0.25, -0.2) is 0 Å². The molecule has 0 radical (unpaired) electrons. The van der Waals surface area contributed by atoms with Gasteiger partial charge < -0.3 is 16.4 Å². The van der Waals surface area contributed by atoms with Gasteiger partial charge in [0.05, 0.1) is 4.92 Å². The van der Waals surface area contributed by atoms with E-state index < -0.39 is 4.92 Å². The molecule has 0 aromatic heterocycles. The Balaban J connectivity index is 2.03. The van der Waals surface area contributed by atoms with Crippen LogP contribution in [0.25, 0.3) is 0 Å². The molecule has 4 N–H and O–H groups in total. The largest absolute Gasteiger partial charge is 0.393 e. The zero-order valence-electron chi connectivity index (χ0n) is 12.0. The van der Waals surface area contributed by atoms with Crippen molar-refractivity contribution in [1.82, 2.24) is 10.6 Å². The first-order valence-corrected chi connectivity index (χ1v) is 6.94. The van der Waals surface area contributed by atoms with Crippen LogP contribution in [0, 0.1) is 15.5 Å². The molecule has 0 atom stereocenters. The molecule has 1 aromatic carbocycles. The highest BCUT2D eigenvalue weighted by molar-refractivity contribution is 5.95. The molecule has 1 aliphatic heterocycles. The Morgan fingerprint density at radius 3 is 2.76 bits per heavy atom. The van der Waals surface area contributed by atoms with Gasteiger partial charge in [-0.2, -0.15) is 0 Å². The first-order chi connectivity index (χ1) is 9.91. The van der Waals surface area contributed by atoms with Crippen LogP contribution in [0.1, 0.15) is 30.1 Å². The van der Waals surface area contributed by atoms with Crippen LogP contribution in [-0.2, 0) is 0 Å². The van der Waals surface area contributed by atoms with E-state index in [1.807, 2.05) is 0 Å². The summed E-state index contributed by atoms with van der Waals surface area (Å²) in [6, 6.07) is 4.11. The molecule has 21 heavy (non-hydrogen) atoms. The van der Waals surface area contributed by atoms with Crippen LogP contribution in [-0.4, -0.2) is 30.5 Å². The fourth-order valence-electron chi connectivity index (χ4n) is 2.45. The monoisotopic (exact) mass is 292 g/mol. The minimum Gasteiger partial charge on any atom is -0.393 e. The van der Waals surface area contributed by atoms with Crippen LogP contribution in [0.5, 0.6) is 0 Å². The maximum atomic E-state index is 12.1. The number of nitrogens with zero attached hydrogens (tertiary/aromatic N) is 1. The van der Waals surface area contributed by atoms with Gasteiger partial charge in [0, 0.05) is 18.2 Å². The third-order valence-corrected chi connectivity index (χ3v) is 3.98. The lowest BCUT2D eigenvalue weighted by atomic mass is 9.81. The summed E-state index contributed by atoms with van der Waals surface area (Å²) in [4.78, 5) is 22.4. The van der Waals surface area contributed by atoms with Gasteiger partial charge in [0.15, 0.2) is 0 Å². The average Bonchev–Trinajstić information content (AvgIpc) is 2.46. The molecule has 1 aromatic rings. The molecule has 2 rings (SSSR count). The Morgan fingerprint density at radius 1 is 1.48 bits per heavy atom. The van der Waals surface area contributed by atoms with E-state index in [9.17, 15) is 14.9 Å². The molecule has 0 unspecified atom stereocenters. The summed E-state index contributed by atoms with van der Waals surface area (Å²) in [5.41, 5.74) is 5.67. The molecule has 1 aliphatic rings. The summed E-state index contributed by atoms with van der Waals surface area (Å²) in [7, 11) is 0. The van der Waals surface area contributed by atoms with Gasteiger partial charge in [0.1, 0.15) is 5.69 Å². The van der Waals surface area contributed by atoms with Gasteiger partial charge in [0.25, 0.3) is 11.6 Å². The lowest BCUT2D eigenvalue weighted by molar-refractivity contribution is -0.383. The maximum absolute atomic E-state index is 12.1. The van der Waals surface area contributed by atoms with E-state index in [0.717, 1.165) is 25.9 Å².